The van der Waals surface area contributed by atoms with Crippen LogP contribution in [-0.4, -0.2) is 31.1 Å². The zero-order valence-electron chi connectivity index (χ0n) is 14.3. The summed E-state index contributed by atoms with van der Waals surface area (Å²) in [6, 6.07) is 2.21. The number of hydrogen-bond donors (Lipinski definition) is 0. The van der Waals surface area contributed by atoms with Crippen molar-refractivity contribution in [2.24, 2.45) is 0 Å². The maximum Gasteiger partial charge on any atom is 0.416 e. The second kappa shape index (κ2) is 9.02. The molecule has 0 fully saturated rings. The average molecular weight is 374 g/mol. The monoisotopic (exact) mass is 374 g/mol. The Morgan fingerprint density at radius 1 is 1.04 bits per heavy atom. The second-order valence-corrected chi connectivity index (χ2v) is 4.91. The van der Waals surface area contributed by atoms with E-state index in [2.05, 4.69) is 9.47 Å². The third-order valence-corrected chi connectivity index (χ3v) is 3.00. The molecule has 142 valence electrons. The number of hydrogen-bond acceptors (Lipinski definition) is 6. The molecule has 0 aliphatic carbocycles. The van der Waals surface area contributed by atoms with Gasteiger partial charge in [-0.3, -0.25) is 0 Å². The quantitative estimate of drug-likeness (QED) is 0.593. The predicted octanol–water partition coefficient (Wildman–Crippen LogP) is 3.51. The summed E-state index contributed by atoms with van der Waals surface area (Å²) >= 11 is 0. The Bertz CT molecular complexity index is 722. The van der Waals surface area contributed by atoms with Crippen LogP contribution in [0.25, 0.3) is 0 Å². The summed E-state index contributed by atoms with van der Waals surface area (Å²) in [5.41, 5.74) is -1.04. The van der Waals surface area contributed by atoms with Crippen LogP contribution in [0.15, 0.2) is 30.0 Å². The van der Waals surface area contributed by atoms with E-state index in [0.717, 1.165) is 12.1 Å². The molecule has 0 radical (unpaired) electrons. The summed E-state index contributed by atoms with van der Waals surface area (Å²) < 4.78 is 51.5. The Morgan fingerprint density at radius 3 is 1.88 bits per heavy atom. The molecule has 0 N–H and O–H groups in total. The topological polar surface area (TPSA) is 78.9 Å². The van der Waals surface area contributed by atoms with E-state index in [1.54, 1.807) is 13.8 Å². The molecule has 0 bridgehead atoms. The second-order valence-electron chi connectivity index (χ2n) is 4.91. The smallest absolute Gasteiger partial charge is 0.416 e. The zero-order valence-corrected chi connectivity index (χ0v) is 14.3. The Balaban J connectivity index is 0.000000472. The molecular formula is C17H17F3O6. The molecule has 1 aromatic rings. The zero-order chi connectivity index (χ0) is 19.9. The lowest BCUT2D eigenvalue weighted by Crippen LogP contribution is -2.16. The van der Waals surface area contributed by atoms with Gasteiger partial charge in [0, 0.05) is 0 Å². The van der Waals surface area contributed by atoms with Gasteiger partial charge >= 0.3 is 24.1 Å². The summed E-state index contributed by atoms with van der Waals surface area (Å²) in [6.45, 7) is 4.80. The van der Waals surface area contributed by atoms with Crippen LogP contribution >= 0.6 is 0 Å². The number of cyclic esters (lactones) is 1. The molecule has 0 saturated carbocycles. The Kier molecular flexibility index (Phi) is 7.36. The van der Waals surface area contributed by atoms with Crippen molar-refractivity contribution in [3.63, 3.8) is 0 Å². The van der Waals surface area contributed by atoms with Crippen LogP contribution in [0.1, 0.15) is 47.1 Å². The molecule has 0 saturated heterocycles. The molecule has 1 aliphatic heterocycles. The van der Waals surface area contributed by atoms with Gasteiger partial charge in [-0.15, -0.1) is 0 Å². The lowest BCUT2D eigenvalue weighted by atomic mass is 10.0. The minimum absolute atomic E-state index is 0.0165. The fraction of sp³-hybridized carbons (Fsp3) is 0.353. The lowest BCUT2D eigenvalue weighted by molar-refractivity contribution is -0.138. The van der Waals surface area contributed by atoms with Gasteiger partial charge in [0.15, 0.2) is 0 Å². The molecule has 9 heteroatoms. The van der Waals surface area contributed by atoms with Crippen molar-refractivity contribution in [1.82, 2.24) is 0 Å². The predicted molar refractivity (Wildman–Crippen MR) is 83.2 cm³/mol. The molecular weight excluding hydrogens is 357 g/mol. The minimum Gasteiger partial charge on any atom is -0.462 e. The van der Waals surface area contributed by atoms with Crippen LogP contribution in [-0.2, 0) is 25.2 Å². The van der Waals surface area contributed by atoms with Gasteiger partial charge in [-0.25, -0.2) is 14.4 Å². The van der Waals surface area contributed by atoms with Crippen molar-refractivity contribution in [2.45, 2.75) is 26.9 Å². The van der Waals surface area contributed by atoms with Gasteiger partial charge in [0.25, 0.3) is 0 Å². The fourth-order valence-electron chi connectivity index (χ4n) is 1.71. The van der Waals surface area contributed by atoms with Gasteiger partial charge in [0.05, 0.1) is 35.5 Å². The van der Waals surface area contributed by atoms with E-state index >= 15 is 0 Å². The highest BCUT2D eigenvalue weighted by Crippen LogP contribution is 2.31. The van der Waals surface area contributed by atoms with E-state index in [1.165, 1.54) is 13.2 Å². The lowest BCUT2D eigenvalue weighted by Gasteiger charge is -2.12. The standard InChI is InChI=1S/C13H13F3O4.C4H4O2/c1-3-19-11(17)9-6-5-8(13(14,15)16)7-10(9)12(18)20-4-2;1-3-2-6-4(3)5/h5-7H,3-4H2,1-2H3;2H,1H3. The average Bonchev–Trinajstić information content (AvgIpc) is 2.59. The fourth-order valence-corrected chi connectivity index (χ4v) is 1.71. The number of esters is 3. The SMILES string of the molecule is CC1=COC1=O.CCOC(=O)c1ccc(C(F)(F)F)cc1C(=O)OCC. The summed E-state index contributed by atoms with van der Waals surface area (Å²) in [6.07, 6.45) is -3.18. The van der Waals surface area contributed by atoms with E-state index in [9.17, 15) is 27.6 Å². The third kappa shape index (κ3) is 5.61. The van der Waals surface area contributed by atoms with Crippen molar-refractivity contribution in [2.75, 3.05) is 13.2 Å². The number of carbonyl (C=O) groups is 3. The molecule has 1 aromatic carbocycles. The third-order valence-electron chi connectivity index (χ3n) is 3.00. The number of benzene rings is 1. The van der Waals surface area contributed by atoms with Gasteiger partial charge in [0.2, 0.25) is 0 Å². The van der Waals surface area contributed by atoms with Crippen molar-refractivity contribution < 1.29 is 41.8 Å². The Morgan fingerprint density at radius 2 is 1.54 bits per heavy atom. The summed E-state index contributed by atoms with van der Waals surface area (Å²) in [4.78, 5) is 33.2. The molecule has 0 atom stereocenters. The van der Waals surface area contributed by atoms with E-state index in [-0.39, 0.29) is 24.7 Å². The number of alkyl halides is 3. The number of halogens is 3. The summed E-state index contributed by atoms with van der Waals surface area (Å²) in [7, 11) is 0. The van der Waals surface area contributed by atoms with E-state index in [1.807, 2.05) is 0 Å². The highest BCUT2D eigenvalue weighted by atomic mass is 19.4. The molecule has 0 aromatic heterocycles. The first-order valence-electron chi connectivity index (χ1n) is 7.55. The van der Waals surface area contributed by atoms with E-state index in [4.69, 9.17) is 4.74 Å². The Labute approximate surface area is 147 Å². The molecule has 6 nitrogen and oxygen atoms in total. The molecule has 1 heterocycles. The highest BCUT2D eigenvalue weighted by Gasteiger charge is 2.33. The van der Waals surface area contributed by atoms with Crippen LogP contribution in [0.5, 0.6) is 0 Å². The summed E-state index contributed by atoms with van der Waals surface area (Å²) in [5, 5.41) is 0. The normalized spacial score (nSPS) is 12.7. The molecule has 0 spiro atoms. The van der Waals surface area contributed by atoms with Crippen molar-refractivity contribution >= 4 is 17.9 Å². The first-order chi connectivity index (χ1) is 12.1. The maximum atomic E-state index is 12.6. The largest absolute Gasteiger partial charge is 0.462 e. The molecule has 1 aliphatic rings. The minimum atomic E-state index is -4.62. The molecule has 26 heavy (non-hydrogen) atoms. The number of ether oxygens (including phenoxy) is 3. The first kappa shape index (κ1) is 21.2. The molecule has 0 unspecified atom stereocenters. The van der Waals surface area contributed by atoms with Crippen LogP contribution in [0.3, 0.4) is 0 Å². The van der Waals surface area contributed by atoms with Gasteiger partial charge in [-0.2, -0.15) is 13.2 Å². The van der Waals surface area contributed by atoms with Crippen LogP contribution in [0.2, 0.25) is 0 Å². The van der Waals surface area contributed by atoms with Crippen LogP contribution in [0, 0.1) is 0 Å². The van der Waals surface area contributed by atoms with Gasteiger partial charge in [-0.1, -0.05) is 0 Å². The van der Waals surface area contributed by atoms with E-state index in [0.29, 0.717) is 11.6 Å². The van der Waals surface area contributed by atoms with Gasteiger partial charge in [-0.05, 0) is 39.0 Å². The van der Waals surface area contributed by atoms with Gasteiger partial charge < -0.3 is 14.2 Å². The van der Waals surface area contributed by atoms with Crippen LogP contribution in [0.4, 0.5) is 13.2 Å². The van der Waals surface area contributed by atoms with Gasteiger partial charge in [0.1, 0.15) is 6.26 Å². The van der Waals surface area contributed by atoms with Crippen molar-refractivity contribution in [3.05, 3.63) is 46.7 Å². The maximum absolute atomic E-state index is 12.6. The highest BCUT2D eigenvalue weighted by molar-refractivity contribution is 6.03. The number of carbonyl (C=O) groups excluding carboxylic acids is 3. The summed E-state index contributed by atoms with van der Waals surface area (Å²) in [5.74, 6) is -2.07. The number of rotatable bonds is 4. The van der Waals surface area contributed by atoms with E-state index < -0.39 is 29.2 Å². The first-order valence-corrected chi connectivity index (χ1v) is 7.55. The van der Waals surface area contributed by atoms with Crippen LogP contribution < -0.4 is 0 Å². The molecule has 2 rings (SSSR count). The van der Waals surface area contributed by atoms with Crippen molar-refractivity contribution in [1.29, 1.82) is 0 Å². The molecule has 0 amide bonds. The Hall–Kier alpha value is -2.84. The van der Waals surface area contributed by atoms with Crippen molar-refractivity contribution in [3.8, 4) is 0 Å².